The van der Waals surface area contributed by atoms with Crippen LogP contribution in [-0.2, 0) is 13.5 Å². The highest BCUT2D eigenvalue weighted by Gasteiger charge is 2.00. The van der Waals surface area contributed by atoms with Gasteiger partial charge in [0.1, 0.15) is 11.6 Å². The van der Waals surface area contributed by atoms with Crippen molar-refractivity contribution in [2.75, 3.05) is 13.2 Å². The maximum Gasteiger partial charge on any atom is 0.138 e. The first kappa shape index (κ1) is 14.1. The number of aromatic nitrogens is 3. The Morgan fingerprint density at radius 1 is 1.40 bits per heavy atom. The van der Waals surface area contributed by atoms with Crippen LogP contribution in [0.15, 0.2) is 30.9 Å². The molecule has 0 amide bonds. The molecule has 2 heterocycles. The predicted octanol–water partition coefficient (Wildman–Crippen LogP) is 1.17. The number of rotatable bonds is 5. The Bertz CT molecular complexity index is 611. The van der Waals surface area contributed by atoms with Crippen LogP contribution in [0, 0.1) is 11.8 Å². The molecule has 0 fully saturated rings. The summed E-state index contributed by atoms with van der Waals surface area (Å²) in [6, 6.07) is 1.84. The second-order valence-electron chi connectivity index (χ2n) is 4.24. The molecule has 5 heteroatoms. The van der Waals surface area contributed by atoms with Gasteiger partial charge in [0.05, 0.1) is 19.4 Å². The molecule has 1 N–H and O–H groups in total. The molecule has 0 atom stereocenters. The molecule has 0 aliphatic carbocycles. The topological polar surface area (TPSA) is 60.2 Å². The maximum atomic E-state index is 8.68. The standard InChI is InChI=1S/C15H17N3O2/c1-18-7-6-17-15(18)5-9-20-14-10-13(11-16-12-14)4-2-3-8-19/h6-7,10-12,19H,3,5,8-9H2,1H3. The van der Waals surface area contributed by atoms with Crippen molar-refractivity contribution >= 4 is 0 Å². The van der Waals surface area contributed by atoms with Crippen LogP contribution >= 0.6 is 0 Å². The van der Waals surface area contributed by atoms with Gasteiger partial charge in [-0.15, -0.1) is 0 Å². The second kappa shape index (κ2) is 7.31. The molecule has 0 unspecified atom stereocenters. The molecular weight excluding hydrogens is 254 g/mol. The first-order chi connectivity index (χ1) is 9.79. The fourth-order valence-electron chi connectivity index (χ4n) is 1.68. The average Bonchev–Trinajstić information content (AvgIpc) is 2.85. The normalized spacial score (nSPS) is 9.90. The van der Waals surface area contributed by atoms with Gasteiger partial charge in [-0.25, -0.2) is 4.98 Å². The number of aliphatic hydroxyl groups excluding tert-OH is 1. The van der Waals surface area contributed by atoms with E-state index >= 15 is 0 Å². The zero-order chi connectivity index (χ0) is 14.2. The first-order valence-electron chi connectivity index (χ1n) is 6.43. The van der Waals surface area contributed by atoms with Crippen LogP contribution in [0.3, 0.4) is 0 Å². The van der Waals surface area contributed by atoms with Gasteiger partial charge < -0.3 is 14.4 Å². The van der Waals surface area contributed by atoms with E-state index in [-0.39, 0.29) is 6.61 Å². The van der Waals surface area contributed by atoms with Gasteiger partial charge in [0.15, 0.2) is 0 Å². The molecule has 2 aromatic heterocycles. The lowest BCUT2D eigenvalue weighted by Crippen LogP contribution is -2.06. The van der Waals surface area contributed by atoms with E-state index in [2.05, 4.69) is 21.8 Å². The van der Waals surface area contributed by atoms with Gasteiger partial charge in [-0.05, 0) is 6.07 Å². The summed E-state index contributed by atoms with van der Waals surface area (Å²) in [5, 5.41) is 8.68. The average molecular weight is 271 g/mol. The van der Waals surface area contributed by atoms with Crippen LogP contribution in [0.1, 0.15) is 17.8 Å². The largest absolute Gasteiger partial charge is 0.491 e. The Hall–Kier alpha value is -2.32. The lowest BCUT2D eigenvalue weighted by molar-refractivity contribution is 0.305. The first-order valence-corrected chi connectivity index (χ1v) is 6.43. The summed E-state index contributed by atoms with van der Waals surface area (Å²) >= 11 is 0. The molecule has 5 nitrogen and oxygen atoms in total. The number of ether oxygens (including phenoxy) is 1. The zero-order valence-corrected chi connectivity index (χ0v) is 11.4. The highest BCUT2D eigenvalue weighted by molar-refractivity contribution is 5.36. The molecule has 20 heavy (non-hydrogen) atoms. The molecular formula is C15H17N3O2. The van der Waals surface area contributed by atoms with Crippen LogP contribution in [0.4, 0.5) is 0 Å². The van der Waals surface area contributed by atoms with Crippen molar-refractivity contribution in [1.82, 2.24) is 14.5 Å². The van der Waals surface area contributed by atoms with E-state index in [1.807, 2.05) is 23.9 Å². The van der Waals surface area contributed by atoms with Gasteiger partial charge >= 0.3 is 0 Å². The second-order valence-corrected chi connectivity index (χ2v) is 4.24. The quantitative estimate of drug-likeness (QED) is 0.829. The fraction of sp³-hybridized carbons (Fsp3) is 0.333. The summed E-state index contributed by atoms with van der Waals surface area (Å²) in [4.78, 5) is 8.32. The van der Waals surface area contributed by atoms with Crippen molar-refractivity contribution in [1.29, 1.82) is 0 Å². The molecule has 2 aromatic rings. The van der Waals surface area contributed by atoms with E-state index in [9.17, 15) is 0 Å². The van der Waals surface area contributed by atoms with Crippen molar-refractivity contribution in [3.63, 3.8) is 0 Å². The van der Waals surface area contributed by atoms with E-state index in [4.69, 9.17) is 9.84 Å². The number of pyridine rings is 1. The zero-order valence-electron chi connectivity index (χ0n) is 11.4. The molecule has 0 radical (unpaired) electrons. The van der Waals surface area contributed by atoms with E-state index in [0.29, 0.717) is 18.8 Å². The van der Waals surface area contributed by atoms with Crippen LogP contribution in [0.25, 0.3) is 0 Å². The van der Waals surface area contributed by atoms with Crippen molar-refractivity contribution in [2.45, 2.75) is 12.8 Å². The number of aliphatic hydroxyl groups is 1. The Morgan fingerprint density at radius 2 is 2.30 bits per heavy atom. The Kier molecular flexibility index (Phi) is 5.15. The Labute approximate surface area is 118 Å². The van der Waals surface area contributed by atoms with Crippen LogP contribution < -0.4 is 4.74 Å². The number of imidazole rings is 1. The highest BCUT2D eigenvalue weighted by atomic mass is 16.5. The van der Waals surface area contributed by atoms with Crippen LogP contribution in [0.2, 0.25) is 0 Å². The molecule has 2 rings (SSSR count). The Morgan fingerprint density at radius 3 is 3.05 bits per heavy atom. The maximum absolute atomic E-state index is 8.68. The van der Waals surface area contributed by atoms with Gasteiger partial charge in [0.2, 0.25) is 0 Å². The van der Waals surface area contributed by atoms with Gasteiger partial charge in [0.25, 0.3) is 0 Å². The summed E-state index contributed by atoms with van der Waals surface area (Å²) in [7, 11) is 1.96. The molecule has 0 saturated heterocycles. The molecule has 0 bridgehead atoms. The Balaban J connectivity index is 1.89. The van der Waals surface area contributed by atoms with Crippen molar-refractivity contribution in [2.24, 2.45) is 7.05 Å². The van der Waals surface area contributed by atoms with E-state index in [1.165, 1.54) is 0 Å². The van der Waals surface area contributed by atoms with Gasteiger partial charge in [-0.2, -0.15) is 0 Å². The van der Waals surface area contributed by atoms with Crippen molar-refractivity contribution < 1.29 is 9.84 Å². The molecule has 0 saturated carbocycles. The minimum absolute atomic E-state index is 0.0697. The molecule has 0 aliphatic heterocycles. The lowest BCUT2D eigenvalue weighted by atomic mass is 10.2. The van der Waals surface area contributed by atoms with Crippen LogP contribution in [-0.4, -0.2) is 32.9 Å². The third-order valence-corrected chi connectivity index (χ3v) is 2.70. The summed E-state index contributed by atoms with van der Waals surface area (Å²) in [6.45, 7) is 0.611. The molecule has 0 aromatic carbocycles. The molecule has 104 valence electrons. The van der Waals surface area contributed by atoms with E-state index in [1.54, 1.807) is 18.6 Å². The molecule has 0 aliphatic rings. The lowest BCUT2D eigenvalue weighted by Gasteiger charge is -2.06. The third-order valence-electron chi connectivity index (χ3n) is 2.70. The van der Waals surface area contributed by atoms with Gasteiger partial charge in [0, 0.05) is 44.0 Å². The summed E-state index contributed by atoms with van der Waals surface area (Å²) in [5.74, 6) is 7.46. The fourth-order valence-corrected chi connectivity index (χ4v) is 1.68. The summed E-state index contributed by atoms with van der Waals surface area (Å²) in [6.07, 6.45) is 8.22. The molecule has 0 spiro atoms. The summed E-state index contributed by atoms with van der Waals surface area (Å²) in [5.41, 5.74) is 0.785. The monoisotopic (exact) mass is 271 g/mol. The van der Waals surface area contributed by atoms with Crippen molar-refractivity contribution in [3.8, 4) is 17.6 Å². The van der Waals surface area contributed by atoms with Crippen LogP contribution in [0.5, 0.6) is 5.75 Å². The van der Waals surface area contributed by atoms with Gasteiger partial charge in [-0.1, -0.05) is 11.8 Å². The predicted molar refractivity (Wildman–Crippen MR) is 75.2 cm³/mol. The number of hydrogen-bond donors (Lipinski definition) is 1. The van der Waals surface area contributed by atoms with E-state index < -0.39 is 0 Å². The minimum Gasteiger partial charge on any atom is -0.491 e. The third kappa shape index (κ3) is 4.11. The number of hydrogen-bond acceptors (Lipinski definition) is 4. The summed E-state index contributed by atoms with van der Waals surface area (Å²) < 4.78 is 7.62. The van der Waals surface area contributed by atoms with E-state index in [0.717, 1.165) is 17.8 Å². The SMILES string of the molecule is Cn1ccnc1CCOc1cncc(C#CCCO)c1. The number of nitrogens with zero attached hydrogens (tertiary/aromatic N) is 3. The van der Waals surface area contributed by atoms with Gasteiger partial charge in [-0.3, -0.25) is 4.98 Å². The smallest absolute Gasteiger partial charge is 0.138 e. The highest BCUT2D eigenvalue weighted by Crippen LogP contribution is 2.11. The van der Waals surface area contributed by atoms with Crippen molar-refractivity contribution in [3.05, 3.63) is 42.2 Å². The number of aryl methyl sites for hydroxylation is 1. The minimum atomic E-state index is 0.0697.